The predicted octanol–water partition coefficient (Wildman–Crippen LogP) is 7.99. The molecule has 0 aliphatic carbocycles. The highest BCUT2D eigenvalue weighted by molar-refractivity contribution is 7.85. The molecule has 1 N–H and O–H groups in total. The Kier molecular flexibility index (Phi) is 7.74. The van der Waals surface area contributed by atoms with Crippen molar-refractivity contribution in [2.75, 3.05) is 0 Å². The molecular formula is C29H36O2S. The number of hydrogen-bond acceptors (Lipinski definition) is 2. The van der Waals surface area contributed by atoms with Crippen LogP contribution in [0.2, 0.25) is 0 Å². The summed E-state index contributed by atoms with van der Waals surface area (Å²) in [6.07, 6.45) is 1.39. The minimum Gasteiger partial charge on any atom is -0.388 e. The summed E-state index contributed by atoms with van der Waals surface area (Å²) in [6.45, 7) is 16.9. The van der Waals surface area contributed by atoms with Crippen LogP contribution in [0.3, 0.4) is 0 Å². The largest absolute Gasteiger partial charge is 0.388 e. The molecule has 2 atom stereocenters. The molecular weight excluding hydrogens is 412 g/mol. The lowest BCUT2D eigenvalue weighted by Gasteiger charge is -2.24. The first kappa shape index (κ1) is 24.4. The zero-order valence-corrected chi connectivity index (χ0v) is 21.0. The Bertz CT molecular complexity index is 1110. The van der Waals surface area contributed by atoms with Gasteiger partial charge in [0.1, 0.15) is 0 Å². The quantitative estimate of drug-likeness (QED) is 0.355. The van der Waals surface area contributed by atoms with Gasteiger partial charge in [-0.2, -0.15) is 0 Å². The Morgan fingerprint density at radius 1 is 0.844 bits per heavy atom. The van der Waals surface area contributed by atoms with Gasteiger partial charge < -0.3 is 5.11 Å². The Hall–Kier alpha value is -2.23. The van der Waals surface area contributed by atoms with E-state index >= 15 is 0 Å². The van der Waals surface area contributed by atoms with Gasteiger partial charge in [0.05, 0.1) is 26.7 Å². The lowest BCUT2D eigenvalue weighted by Crippen LogP contribution is -2.11. The van der Waals surface area contributed by atoms with Crippen LogP contribution < -0.4 is 0 Å². The summed E-state index contributed by atoms with van der Waals surface area (Å²) in [7, 11) is -1.44. The Labute approximate surface area is 195 Å². The van der Waals surface area contributed by atoms with E-state index in [1.807, 2.05) is 36.4 Å². The molecule has 0 radical (unpaired) electrons. The lowest BCUT2D eigenvalue weighted by atomic mass is 9.89. The molecule has 32 heavy (non-hydrogen) atoms. The topological polar surface area (TPSA) is 37.3 Å². The Morgan fingerprint density at radius 3 is 1.97 bits per heavy atom. The maximum Gasteiger partial charge on any atom is 0.0865 e. The zero-order chi connectivity index (χ0) is 23.6. The van der Waals surface area contributed by atoms with Gasteiger partial charge in [0.15, 0.2) is 0 Å². The molecule has 0 amide bonds. The van der Waals surface area contributed by atoms with Crippen molar-refractivity contribution in [2.45, 2.75) is 81.6 Å². The second-order valence-corrected chi connectivity index (χ2v) is 10.9. The number of hydrogen-bond donors (Lipinski definition) is 1. The second kappa shape index (κ2) is 10.1. The van der Waals surface area contributed by atoms with Gasteiger partial charge in [0.25, 0.3) is 0 Å². The van der Waals surface area contributed by atoms with E-state index in [2.05, 4.69) is 60.3 Å². The Morgan fingerprint density at radius 2 is 1.44 bits per heavy atom. The summed E-state index contributed by atoms with van der Waals surface area (Å²) >= 11 is 0. The van der Waals surface area contributed by atoms with Crippen molar-refractivity contribution in [1.29, 1.82) is 0 Å². The molecule has 0 bridgehead atoms. The average Bonchev–Trinajstić information content (AvgIpc) is 2.76. The van der Waals surface area contributed by atoms with E-state index in [-0.39, 0.29) is 11.8 Å². The second-order valence-electron chi connectivity index (χ2n) is 9.51. The van der Waals surface area contributed by atoms with Gasteiger partial charge >= 0.3 is 0 Å². The molecule has 0 spiro atoms. The van der Waals surface area contributed by atoms with Crippen molar-refractivity contribution < 1.29 is 9.32 Å². The van der Waals surface area contributed by atoms with Gasteiger partial charge in [-0.25, -0.2) is 4.21 Å². The third kappa shape index (κ3) is 4.74. The number of fused-ring (bicyclic) bond motifs is 1. The van der Waals surface area contributed by atoms with Crippen LogP contribution in [0.25, 0.3) is 10.8 Å². The van der Waals surface area contributed by atoms with Crippen LogP contribution in [0, 0.1) is 0 Å². The number of aliphatic hydroxyl groups is 1. The van der Waals surface area contributed by atoms with E-state index < -0.39 is 16.9 Å². The van der Waals surface area contributed by atoms with Gasteiger partial charge in [0, 0.05) is 0 Å². The van der Waals surface area contributed by atoms with Crippen LogP contribution in [0.4, 0.5) is 0 Å². The first-order chi connectivity index (χ1) is 15.2. The molecule has 2 nitrogen and oxygen atoms in total. The summed E-state index contributed by atoms with van der Waals surface area (Å²) in [5.74, 6) is 0.873. The van der Waals surface area contributed by atoms with Crippen LogP contribution in [0.5, 0.6) is 0 Å². The molecule has 3 rings (SSSR count). The highest BCUT2D eigenvalue weighted by Crippen LogP contribution is 2.40. The number of aliphatic hydroxyl groups excluding tert-OH is 1. The van der Waals surface area contributed by atoms with Gasteiger partial charge in [-0.15, -0.1) is 6.58 Å². The fourth-order valence-electron chi connectivity index (χ4n) is 4.22. The van der Waals surface area contributed by atoms with Crippen LogP contribution in [-0.2, 0) is 10.8 Å². The average molecular weight is 449 g/mol. The molecule has 0 fully saturated rings. The van der Waals surface area contributed by atoms with Crippen LogP contribution in [-0.4, -0.2) is 9.32 Å². The monoisotopic (exact) mass is 448 g/mol. The highest BCUT2D eigenvalue weighted by atomic mass is 32.2. The first-order valence-corrected chi connectivity index (χ1v) is 12.7. The maximum atomic E-state index is 14.5. The molecule has 3 aromatic rings. The molecule has 0 saturated carbocycles. The summed E-state index contributed by atoms with van der Waals surface area (Å²) in [5, 5.41) is 12.9. The van der Waals surface area contributed by atoms with Gasteiger partial charge in [-0.1, -0.05) is 96.1 Å². The van der Waals surface area contributed by atoms with Crippen LogP contribution >= 0.6 is 0 Å². The number of benzene rings is 3. The van der Waals surface area contributed by atoms with Crippen molar-refractivity contribution in [3.05, 3.63) is 83.4 Å². The Balaban J connectivity index is 2.39. The minimum atomic E-state index is -1.44. The molecule has 3 heteroatoms. The summed E-state index contributed by atoms with van der Waals surface area (Å²) in [5.41, 5.74) is 4.27. The highest BCUT2D eigenvalue weighted by Gasteiger charge is 2.26. The fraction of sp³-hybridized carbons (Fsp3) is 0.379. The molecule has 0 aliphatic heterocycles. The van der Waals surface area contributed by atoms with Gasteiger partial charge in [-0.05, 0) is 57.2 Å². The minimum absolute atomic E-state index is 0.238. The van der Waals surface area contributed by atoms with Crippen molar-refractivity contribution >= 4 is 21.6 Å². The van der Waals surface area contributed by atoms with Gasteiger partial charge in [-0.3, -0.25) is 0 Å². The first-order valence-electron chi connectivity index (χ1n) is 11.6. The van der Waals surface area contributed by atoms with Crippen LogP contribution in [0.15, 0.2) is 71.0 Å². The SMILES string of the molecule is C=CC[C@@H](O)c1ccc2ccccc2c1S(=O)c1c(C(C)C)cc(C(C)C)cc1C(C)C. The van der Waals surface area contributed by atoms with Crippen molar-refractivity contribution in [1.82, 2.24) is 0 Å². The molecule has 1 unspecified atom stereocenters. The van der Waals surface area contributed by atoms with E-state index in [0.717, 1.165) is 37.3 Å². The standard InChI is InChI=1S/C29H36O2S/c1-8-11-27(30)24-15-14-21-12-9-10-13-23(21)28(24)32(31)29-25(19(4)5)16-22(18(2)3)17-26(29)20(6)7/h8-10,12-20,27,30H,1,11H2,2-7H3/t27-,32?/m1/s1. The molecule has 170 valence electrons. The van der Waals surface area contributed by atoms with Crippen molar-refractivity contribution in [3.8, 4) is 0 Å². The zero-order valence-electron chi connectivity index (χ0n) is 20.2. The van der Waals surface area contributed by atoms with E-state index in [0.29, 0.717) is 12.3 Å². The molecule has 0 heterocycles. The molecule has 3 aromatic carbocycles. The normalized spacial score (nSPS) is 13.8. The third-order valence-electron chi connectivity index (χ3n) is 6.11. The van der Waals surface area contributed by atoms with E-state index in [9.17, 15) is 9.32 Å². The number of rotatable bonds is 8. The fourth-order valence-corrected chi connectivity index (χ4v) is 6.25. The molecule has 0 aliphatic rings. The van der Waals surface area contributed by atoms with E-state index in [1.165, 1.54) is 5.56 Å². The van der Waals surface area contributed by atoms with Crippen LogP contribution in [0.1, 0.15) is 94.1 Å². The van der Waals surface area contributed by atoms with Crippen molar-refractivity contribution in [3.63, 3.8) is 0 Å². The summed E-state index contributed by atoms with van der Waals surface area (Å²) < 4.78 is 14.5. The smallest absolute Gasteiger partial charge is 0.0865 e. The third-order valence-corrected chi connectivity index (χ3v) is 7.78. The van der Waals surface area contributed by atoms with E-state index in [1.54, 1.807) is 6.08 Å². The maximum absolute atomic E-state index is 14.5. The van der Waals surface area contributed by atoms with Crippen molar-refractivity contribution in [2.24, 2.45) is 0 Å². The summed E-state index contributed by atoms with van der Waals surface area (Å²) in [4.78, 5) is 1.63. The molecule has 0 aromatic heterocycles. The lowest BCUT2D eigenvalue weighted by molar-refractivity contribution is 0.179. The summed E-state index contributed by atoms with van der Waals surface area (Å²) in [6, 6.07) is 16.4. The molecule has 0 saturated heterocycles. The van der Waals surface area contributed by atoms with E-state index in [4.69, 9.17) is 0 Å². The predicted molar refractivity (Wildman–Crippen MR) is 137 cm³/mol. The van der Waals surface area contributed by atoms with Gasteiger partial charge in [0.2, 0.25) is 0 Å².